The summed E-state index contributed by atoms with van der Waals surface area (Å²) in [5.74, 6) is -0.433. The zero-order valence-corrected chi connectivity index (χ0v) is 9.85. The number of aliphatic carboxylic acids is 1. The van der Waals surface area contributed by atoms with E-state index in [-0.39, 0.29) is 6.61 Å². The molecular formula is C14H16O3. The van der Waals surface area contributed by atoms with E-state index in [0.29, 0.717) is 5.75 Å². The first kappa shape index (κ1) is 13.0. The smallest absolute Gasteiger partial charge is 0.341 e. The maximum atomic E-state index is 10.4. The molecule has 1 N–H and O–H groups in total. The second-order valence-corrected chi connectivity index (χ2v) is 3.49. The summed E-state index contributed by atoms with van der Waals surface area (Å²) >= 11 is 0. The highest BCUT2D eigenvalue weighted by Gasteiger charge is 2.02. The van der Waals surface area contributed by atoms with Crippen molar-refractivity contribution in [3.05, 3.63) is 42.0 Å². The van der Waals surface area contributed by atoms with Crippen LogP contribution in [0.15, 0.2) is 30.9 Å². The van der Waals surface area contributed by atoms with Gasteiger partial charge in [0.05, 0.1) is 0 Å². The predicted octanol–water partition coefficient (Wildman–Crippen LogP) is 3.22. The highest BCUT2D eigenvalue weighted by molar-refractivity contribution is 5.69. The van der Waals surface area contributed by atoms with Crippen molar-refractivity contribution in [1.29, 1.82) is 0 Å². The number of hydrogen-bond acceptors (Lipinski definition) is 2. The molecule has 0 spiro atoms. The lowest BCUT2D eigenvalue weighted by Gasteiger charge is -2.06. The van der Waals surface area contributed by atoms with Crippen molar-refractivity contribution in [2.24, 2.45) is 0 Å². The Hall–Kier alpha value is -2.03. The Bertz CT molecular complexity index is 433. The van der Waals surface area contributed by atoms with Gasteiger partial charge in [-0.25, -0.2) is 4.79 Å². The van der Waals surface area contributed by atoms with Crippen LogP contribution >= 0.6 is 0 Å². The molecule has 1 rings (SSSR count). The monoisotopic (exact) mass is 232 g/mol. The highest BCUT2D eigenvalue weighted by atomic mass is 16.5. The fourth-order valence-electron chi connectivity index (χ4n) is 1.36. The van der Waals surface area contributed by atoms with Gasteiger partial charge in [-0.3, -0.25) is 0 Å². The van der Waals surface area contributed by atoms with Crippen LogP contribution in [0.25, 0.3) is 12.2 Å². The van der Waals surface area contributed by atoms with Crippen LogP contribution in [0, 0.1) is 0 Å². The highest BCUT2D eigenvalue weighted by Crippen LogP contribution is 2.20. The van der Waals surface area contributed by atoms with Gasteiger partial charge >= 0.3 is 5.97 Å². The van der Waals surface area contributed by atoms with E-state index in [1.165, 1.54) is 0 Å². The van der Waals surface area contributed by atoms with Crippen LogP contribution in [0.4, 0.5) is 0 Å². The van der Waals surface area contributed by atoms with Gasteiger partial charge in [0.15, 0.2) is 6.61 Å². The summed E-state index contributed by atoms with van der Waals surface area (Å²) in [6.45, 7) is 5.46. The van der Waals surface area contributed by atoms with E-state index >= 15 is 0 Å². The summed E-state index contributed by atoms with van der Waals surface area (Å²) in [4.78, 5) is 10.4. The first-order valence-electron chi connectivity index (χ1n) is 5.45. The lowest BCUT2D eigenvalue weighted by atomic mass is 10.1. The number of benzene rings is 1. The molecule has 0 aliphatic heterocycles. The lowest BCUT2D eigenvalue weighted by molar-refractivity contribution is -0.139. The summed E-state index contributed by atoms with van der Waals surface area (Å²) < 4.78 is 5.12. The Morgan fingerprint density at radius 2 is 2.24 bits per heavy atom. The van der Waals surface area contributed by atoms with Crippen molar-refractivity contribution in [3.63, 3.8) is 0 Å². The molecule has 1 aromatic rings. The van der Waals surface area contributed by atoms with E-state index in [1.807, 2.05) is 24.3 Å². The Labute approximate surface area is 101 Å². The number of hydrogen-bond donors (Lipinski definition) is 1. The summed E-state index contributed by atoms with van der Waals surface area (Å²) in [6.07, 6.45) is 6.71. The molecule has 0 saturated carbocycles. The molecule has 0 aliphatic rings. The molecule has 17 heavy (non-hydrogen) atoms. The van der Waals surface area contributed by atoms with Gasteiger partial charge in [-0.2, -0.15) is 0 Å². The Morgan fingerprint density at radius 1 is 1.47 bits per heavy atom. The third kappa shape index (κ3) is 4.15. The van der Waals surface area contributed by atoms with Crippen LogP contribution in [-0.2, 0) is 4.79 Å². The summed E-state index contributed by atoms with van der Waals surface area (Å²) in [7, 11) is 0. The minimum Gasteiger partial charge on any atom is -0.482 e. The molecule has 0 bridgehead atoms. The average Bonchev–Trinajstić information content (AvgIpc) is 2.33. The fourth-order valence-corrected chi connectivity index (χ4v) is 1.36. The minimum absolute atomic E-state index is 0.329. The molecule has 0 radical (unpaired) electrons. The standard InChI is InChI=1S/C14H16O3/c1-3-5-6-12-9-13(17-10-14(15)16)8-7-11(12)4-2/h4-9H,2-3,10H2,1H3,(H,15,16)/b6-5-. The average molecular weight is 232 g/mol. The van der Waals surface area contributed by atoms with Crippen molar-refractivity contribution in [1.82, 2.24) is 0 Å². The van der Waals surface area contributed by atoms with Gasteiger partial charge in [-0.15, -0.1) is 0 Å². The number of carboxylic acids is 1. The molecule has 90 valence electrons. The first-order valence-corrected chi connectivity index (χ1v) is 5.45. The molecule has 0 unspecified atom stereocenters. The molecule has 1 aromatic carbocycles. The minimum atomic E-state index is -0.983. The maximum Gasteiger partial charge on any atom is 0.341 e. The molecule has 0 atom stereocenters. The van der Waals surface area contributed by atoms with Crippen molar-refractivity contribution >= 4 is 18.1 Å². The van der Waals surface area contributed by atoms with Crippen molar-refractivity contribution in [2.75, 3.05) is 6.61 Å². The molecule has 0 aromatic heterocycles. The molecule has 0 saturated heterocycles. The van der Waals surface area contributed by atoms with E-state index in [2.05, 4.69) is 13.5 Å². The van der Waals surface area contributed by atoms with E-state index in [9.17, 15) is 4.79 Å². The first-order chi connectivity index (χ1) is 8.17. The zero-order chi connectivity index (χ0) is 12.7. The van der Waals surface area contributed by atoms with Crippen molar-refractivity contribution in [2.45, 2.75) is 13.3 Å². The number of carbonyl (C=O) groups is 1. The second kappa shape index (κ2) is 6.53. The van der Waals surface area contributed by atoms with Crippen LogP contribution in [0.5, 0.6) is 5.75 Å². The van der Waals surface area contributed by atoms with Gasteiger partial charge in [0.2, 0.25) is 0 Å². The number of allylic oxidation sites excluding steroid dienone is 1. The summed E-state index contributed by atoms with van der Waals surface area (Å²) in [6, 6.07) is 5.41. The Kier molecular flexibility index (Phi) is 5.01. The molecule has 3 nitrogen and oxygen atoms in total. The van der Waals surface area contributed by atoms with Crippen LogP contribution in [0.2, 0.25) is 0 Å². The SMILES string of the molecule is C=Cc1ccc(OCC(=O)O)cc1/C=C\CC. The summed E-state index contributed by atoms with van der Waals surface area (Å²) in [5.41, 5.74) is 1.97. The number of rotatable bonds is 6. The number of carboxylic acid groups (broad SMARTS) is 1. The van der Waals surface area contributed by atoms with Gasteiger partial charge in [-0.05, 0) is 29.7 Å². The number of ether oxygens (including phenoxy) is 1. The molecule has 3 heteroatoms. The molecule has 0 amide bonds. The van der Waals surface area contributed by atoms with E-state index in [1.54, 1.807) is 12.1 Å². The van der Waals surface area contributed by atoms with E-state index in [4.69, 9.17) is 9.84 Å². The van der Waals surface area contributed by atoms with Gasteiger partial charge < -0.3 is 9.84 Å². The maximum absolute atomic E-state index is 10.4. The van der Waals surface area contributed by atoms with Gasteiger partial charge in [-0.1, -0.05) is 37.8 Å². The van der Waals surface area contributed by atoms with E-state index < -0.39 is 5.97 Å². The molecule has 0 fully saturated rings. The van der Waals surface area contributed by atoms with Gasteiger partial charge in [0, 0.05) is 0 Å². The lowest BCUT2D eigenvalue weighted by Crippen LogP contribution is -2.09. The largest absolute Gasteiger partial charge is 0.482 e. The third-order valence-corrected chi connectivity index (χ3v) is 2.17. The zero-order valence-electron chi connectivity index (χ0n) is 9.85. The topological polar surface area (TPSA) is 46.5 Å². The molecule has 0 heterocycles. The van der Waals surface area contributed by atoms with Crippen LogP contribution < -0.4 is 4.74 Å². The second-order valence-electron chi connectivity index (χ2n) is 3.49. The summed E-state index contributed by atoms with van der Waals surface area (Å²) in [5, 5.41) is 8.53. The third-order valence-electron chi connectivity index (χ3n) is 2.17. The van der Waals surface area contributed by atoms with Crippen LogP contribution in [-0.4, -0.2) is 17.7 Å². The molecular weight excluding hydrogens is 216 g/mol. The molecule has 0 aliphatic carbocycles. The van der Waals surface area contributed by atoms with Gasteiger partial charge in [0.1, 0.15) is 5.75 Å². The van der Waals surface area contributed by atoms with E-state index in [0.717, 1.165) is 17.5 Å². The van der Waals surface area contributed by atoms with Crippen LogP contribution in [0.3, 0.4) is 0 Å². The van der Waals surface area contributed by atoms with Gasteiger partial charge in [0.25, 0.3) is 0 Å². The fraction of sp³-hybridized carbons (Fsp3) is 0.214. The Balaban J connectivity index is 2.91. The van der Waals surface area contributed by atoms with Crippen molar-refractivity contribution in [3.8, 4) is 5.75 Å². The predicted molar refractivity (Wildman–Crippen MR) is 69.0 cm³/mol. The van der Waals surface area contributed by atoms with Crippen molar-refractivity contribution < 1.29 is 14.6 Å². The Morgan fingerprint density at radius 3 is 2.82 bits per heavy atom. The quantitative estimate of drug-likeness (QED) is 0.819. The normalized spacial score (nSPS) is 10.4. The van der Waals surface area contributed by atoms with Crippen LogP contribution in [0.1, 0.15) is 24.5 Å².